The number of carboxylic acid groups (broad SMARTS) is 1. The van der Waals surface area contributed by atoms with Crippen molar-refractivity contribution in [2.75, 3.05) is 0 Å². The Morgan fingerprint density at radius 3 is 2.50 bits per heavy atom. The first-order valence-electron chi connectivity index (χ1n) is 7.47. The first kappa shape index (κ1) is 19.3. The zero-order valence-corrected chi connectivity index (χ0v) is 13.9. The number of amides is 2. The van der Waals surface area contributed by atoms with E-state index in [2.05, 4.69) is 15.6 Å². The molecule has 0 saturated carbocycles. The van der Waals surface area contributed by atoms with Crippen molar-refractivity contribution >= 4 is 17.8 Å². The average Bonchev–Trinajstić information content (AvgIpc) is 2.56. The summed E-state index contributed by atoms with van der Waals surface area (Å²) in [7, 11) is 0. The molecular weight excluding hydrogens is 312 g/mol. The largest absolute Gasteiger partial charge is 0.480 e. The summed E-state index contributed by atoms with van der Waals surface area (Å²) < 4.78 is 0. The molecule has 1 aromatic rings. The fourth-order valence-corrected chi connectivity index (χ4v) is 1.90. The molecule has 8 nitrogen and oxygen atoms in total. The van der Waals surface area contributed by atoms with Crippen molar-refractivity contribution in [3.05, 3.63) is 41.4 Å². The minimum absolute atomic E-state index is 0.0492. The number of nitrogens with zero attached hydrogens (tertiary/aromatic N) is 1. The van der Waals surface area contributed by atoms with Crippen molar-refractivity contribution in [2.24, 2.45) is 11.7 Å². The zero-order valence-electron chi connectivity index (χ0n) is 13.9. The van der Waals surface area contributed by atoms with Gasteiger partial charge in [0, 0.05) is 6.54 Å². The van der Waals surface area contributed by atoms with Gasteiger partial charge < -0.3 is 21.5 Å². The Morgan fingerprint density at radius 1 is 1.33 bits per heavy atom. The molecule has 24 heavy (non-hydrogen) atoms. The summed E-state index contributed by atoms with van der Waals surface area (Å²) in [5.74, 6) is -2.70. The van der Waals surface area contributed by atoms with Gasteiger partial charge in [-0.3, -0.25) is 9.59 Å². The number of carbonyl (C=O) groups excluding carboxylic acids is 2. The van der Waals surface area contributed by atoms with Crippen LogP contribution < -0.4 is 16.4 Å². The van der Waals surface area contributed by atoms with Crippen LogP contribution in [0.4, 0.5) is 0 Å². The minimum Gasteiger partial charge on any atom is -0.480 e. The van der Waals surface area contributed by atoms with E-state index in [-0.39, 0.29) is 23.9 Å². The number of rotatable bonds is 7. The van der Waals surface area contributed by atoms with Crippen molar-refractivity contribution in [1.82, 2.24) is 15.6 Å². The van der Waals surface area contributed by atoms with Crippen LogP contribution in [0.5, 0.6) is 0 Å². The van der Waals surface area contributed by atoms with E-state index in [1.165, 1.54) is 12.1 Å². The molecule has 0 saturated heterocycles. The van der Waals surface area contributed by atoms with E-state index in [1.54, 1.807) is 32.9 Å². The summed E-state index contributed by atoms with van der Waals surface area (Å²) >= 11 is 0. The van der Waals surface area contributed by atoms with Crippen molar-refractivity contribution in [1.29, 1.82) is 0 Å². The van der Waals surface area contributed by atoms with E-state index in [1.807, 2.05) is 0 Å². The molecule has 0 radical (unpaired) electrons. The smallest absolute Gasteiger partial charge is 0.326 e. The maximum Gasteiger partial charge on any atom is 0.326 e. The molecule has 0 fully saturated rings. The molecule has 0 aliphatic heterocycles. The summed E-state index contributed by atoms with van der Waals surface area (Å²) in [6.07, 6.45) is 1.39. The Bertz CT molecular complexity index is 655. The fourth-order valence-electron chi connectivity index (χ4n) is 1.90. The molecule has 1 rings (SSSR count). The van der Waals surface area contributed by atoms with E-state index in [4.69, 9.17) is 10.8 Å². The van der Waals surface area contributed by atoms with Crippen LogP contribution in [0.15, 0.2) is 30.0 Å². The van der Waals surface area contributed by atoms with Crippen LogP contribution in [0.25, 0.3) is 0 Å². The lowest BCUT2D eigenvalue weighted by Crippen LogP contribution is -2.47. The van der Waals surface area contributed by atoms with Crippen molar-refractivity contribution in [3.8, 4) is 0 Å². The van der Waals surface area contributed by atoms with Crippen LogP contribution >= 0.6 is 0 Å². The van der Waals surface area contributed by atoms with E-state index >= 15 is 0 Å². The van der Waals surface area contributed by atoms with Gasteiger partial charge in [-0.2, -0.15) is 0 Å². The van der Waals surface area contributed by atoms with Crippen LogP contribution in [-0.2, 0) is 16.1 Å². The zero-order chi connectivity index (χ0) is 18.3. The first-order chi connectivity index (χ1) is 11.3. The summed E-state index contributed by atoms with van der Waals surface area (Å²) in [6.45, 7) is 5.10. The summed E-state index contributed by atoms with van der Waals surface area (Å²) in [6, 6.07) is 3.76. The topological polar surface area (TPSA) is 134 Å². The highest BCUT2D eigenvalue weighted by molar-refractivity contribution is 6.02. The normalized spacial score (nSPS) is 12.6. The Morgan fingerprint density at radius 2 is 2.00 bits per heavy atom. The maximum atomic E-state index is 12.2. The molecule has 1 heterocycles. The van der Waals surface area contributed by atoms with Crippen LogP contribution in [0.2, 0.25) is 0 Å². The van der Waals surface area contributed by atoms with Crippen LogP contribution in [-0.4, -0.2) is 33.9 Å². The molecule has 1 aromatic heterocycles. The van der Waals surface area contributed by atoms with Gasteiger partial charge in [-0.05, 0) is 25.0 Å². The van der Waals surface area contributed by atoms with Crippen molar-refractivity contribution in [2.45, 2.75) is 33.4 Å². The van der Waals surface area contributed by atoms with Crippen molar-refractivity contribution < 1.29 is 19.5 Å². The monoisotopic (exact) mass is 334 g/mol. The number of aliphatic carboxylic acids is 1. The standard InChI is InChI=1S/C16H22N4O4/c1-4-11(14(21)20-13(9(2)3)16(23)24)19-15(22)12-7-5-6-10(8-17)18-12/h4-7,9,13H,8,17H2,1-3H3,(H,19,22)(H,20,21)(H,23,24)/b11-4-/t13-/m0/s1. The van der Waals surface area contributed by atoms with Crippen molar-refractivity contribution in [3.63, 3.8) is 0 Å². The third-order valence-corrected chi connectivity index (χ3v) is 3.25. The van der Waals surface area contributed by atoms with Crippen LogP contribution in [0, 0.1) is 5.92 Å². The molecule has 0 unspecified atom stereocenters. The number of carboxylic acids is 1. The van der Waals surface area contributed by atoms with Gasteiger partial charge in [-0.15, -0.1) is 0 Å². The Balaban J connectivity index is 2.84. The second kappa shape index (κ2) is 8.78. The SMILES string of the molecule is C/C=C(\NC(=O)c1cccc(CN)n1)C(=O)N[C@H](C(=O)O)C(C)C. The molecule has 0 spiro atoms. The molecule has 0 aliphatic carbocycles. The summed E-state index contributed by atoms with van der Waals surface area (Å²) in [5.41, 5.74) is 6.09. The summed E-state index contributed by atoms with van der Waals surface area (Å²) in [5, 5.41) is 13.9. The molecule has 8 heteroatoms. The molecule has 0 aromatic carbocycles. The van der Waals surface area contributed by atoms with Crippen LogP contribution in [0.1, 0.15) is 37.0 Å². The molecule has 0 bridgehead atoms. The minimum atomic E-state index is -1.14. The number of aromatic nitrogens is 1. The van der Waals surface area contributed by atoms with Gasteiger partial charge >= 0.3 is 5.97 Å². The molecule has 5 N–H and O–H groups in total. The molecule has 130 valence electrons. The molecular formula is C16H22N4O4. The molecule has 0 aliphatic rings. The van der Waals surface area contributed by atoms with E-state index in [0.717, 1.165) is 0 Å². The van der Waals surface area contributed by atoms with E-state index in [0.29, 0.717) is 5.69 Å². The van der Waals surface area contributed by atoms with Gasteiger partial charge in [0.25, 0.3) is 11.8 Å². The predicted molar refractivity (Wildman–Crippen MR) is 87.8 cm³/mol. The third kappa shape index (κ3) is 5.17. The quantitative estimate of drug-likeness (QED) is 0.533. The number of allylic oxidation sites excluding steroid dienone is 1. The van der Waals surface area contributed by atoms with Gasteiger partial charge in [0.2, 0.25) is 0 Å². The summed E-state index contributed by atoms with van der Waals surface area (Å²) in [4.78, 5) is 39.6. The number of hydrogen-bond acceptors (Lipinski definition) is 5. The lowest BCUT2D eigenvalue weighted by molar-refractivity contribution is -0.142. The first-order valence-corrected chi connectivity index (χ1v) is 7.47. The number of nitrogens with two attached hydrogens (primary N) is 1. The highest BCUT2D eigenvalue weighted by Gasteiger charge is 2.25. The fraction of sp³-hybridized carbons (Fsp3) is 0.375. The van der Waals surface area contributed by atoms with E-state index in [9.17, 15) is 14.4 Å². The lowest BCUT2D eigenvalue weighted by atomic mass is 10.0. The van der Waals surface area contributed by atoms with E-state index < -0.39 is 23.8 Å². The number of nitrogens with one attached hydrogen (secondary N) is 2. The van der Waals surface area contributed by atoms with Gasteiger partial charge in [0.05, 0.1) is 5.69 Å². The lowest BCUT2D eigenvalue weighted by Gasteiger charge is -2.19. The highest BCUT2D eigenvalue weighted by atomic mass is 16.4. The van der Waals surface area contributed by atoms with Gasteiger partial charge in [-0.1, -0.05) is 26.0 Å². The number of hydrogen-bond donors (Lipinski definition) is 4. The Kier molecular flexibility index (Phi) is 7.06. The Labute approximate surface area is 140 Å². The second-order valence-corrected chi connectivity index (χ2v) is 5.41. The van der Waals surface area contributed by atoms with Gasteiger partial charge in [0.1, 0.15) is 17.4 Å². The van der Waals surface area contributed by atoms with Gasteiger partial charge in [-0.25, -0.2) is 9.78 Å². The third-order valence-electron chi connectivity index (χ3n) is 3.25. The predicted octanol–water partition coefficient (Wildman–Crippen LogP) is 0.399. The van der Waals surface area contributed by atoms with Crippen LogP contribution in [0.3, 0.4) is 0 Å². The van der Waals surface area contributed by atoms with Gasteiger partial charge in [0.15, 0.2) is 0 Å². The molecule has 2 amide bonds. The Hall–Kier alpha value is -2.74. The second-order valence-electron chi connectivity index (χ2n) is 5.41. The highest BCUT2D eigenvalue weighted by Crippen LogP contribution is 2.04. The number of carbonyl (C=O) groups is 3. The molecule has 1 atom stereocenters. The number of pyridine rings is 1. The maximum absolute atomic E-state index is 12.2. The average molecular weight is 334 g/mol.